The first-order valence-electron chi connectivity index (χ1n) is 3.60. The Morgan fingerprint density at radius 1 is 1.38 bits per heavy atom. The van der Waals surface area contributed by atoms with Crippen molar-refractivity contribution < 1.29 is 9.90 Å². The summed E-state index contributed by atoms with van der Waals surface area (Å²) in [5.41, 5.74) is 0.858. The van der Waals surface area contributed by atoms with Gasteiger partial charge in [-0.15, -0.1) is 0 Å². The number of carboxylic acid groups (broad SMARTS) is 1. The average molecular weight is 215 g/mol. The fraction of sp³-hybridized carbons (Fsp3) is 0.111. The number of rotatable bonds is 3. The number of thiocarbonyl (C=S) groups is 1. The molecule has 0 radical (unpaired) electrons. The molecule has 0 spiro atoms. The summed E-state index contributed by atoms with van der Waals surface area (Å²) < 4.78 is 0. The lowest BCUT2D eigenvalue weighted by Crippen LogP contribution is -2.12. The third-order valence-electron chi connectivity index (χ3n) is 1.52. The molecule has 0 saturated carbocycles. The minimum Gasteiger partial charge on any atom is -0.477 e. The summed E-state index contributed by atoms with van der Waals surface area (Å²) >= 11 is 10.3. The Morgan fingerprint density at radius 2 is 1.92 bits per heavy atom. The normalized spacial score (nSPS) is 9.62. The minimum absolute atomic E-state index is 0.0160. The number of halogens is 1. The zero-order chi connectivity index (χ0) is 9.84. The van der Waals surface area contributed by atoms with Crippen LogP contribution in [0.4, 0.5) is 0 Å². The molecule has 1 aromatic rings. The first-order valence-corrected chi connectivity index (χ1v) is 4.39. The molecular formula is C9H7ClO2S. The van der Waals surface area contributed by atoms with Crippen LogP contribution < -0.4 is 0 Å². The molecule has 0 bridgehead atoms. The molecule has 4 heteroatoms. The zero-order valence-electron chi connectivity index (χ0n) is 6.66. The largest absolute Gasteiger partial charge is 0.477 e. The van der Waals surface area contributed by atoms with Crippen molar-refractivity contribution in [3.05, 3.63) is 34.9 Å². The Morgan fingerprint density at radius 3 is 2.38 bits per heavy atom. The van der Waals surface area contributed by atoms with Crippen LogP contribution in [0.3, 0.4) is 0 Å². The lowest BCUT2D eigenvalue weighted by molar-refractivity contribution is -0.129. The maximum Gasteiger partial charge on any atom is 0.342 e. The Labute approximate surface area is 86.1 Å². The van der Waals surface area contributed by atoms with E-state index in [-0.39, 0.29) is 11.3 Å². The number of aliphatic carboxylic acids is 1. The Hall–Kier alpha value is -0.930. The molecule has 0 saturated heterocycles. The Kier molecular flexibility index (Phi) is 3.39. The second-order valence-electron chi connectivity index (χ2n) is 2.53. The van der Waals surface area contributed by atoms with Crippen molar-refractivity contribution in [3.63, 3.8) is 0 Å². The number of hydrogen-bond donors (Lipinski definition) is 1. The first-order chi connectivity index (χ1) is 6.09. The van der Waals surface area contributed by atoms with Gasteiger partial charge in [0.15, 0.2) is 0 Å². The summed E-state index contributed by atoms with van der Waals surface area (Å²) in [5.74, 6) is -1.04. The molecule has 13 heavy (non-hydrogen) atoms. The molecule has 0 amide bonds. The van der Waals surface area contributed by atoms with Crippen molar-refractivity contribution in [1.29, 1.82) is 0 Å². The van der Waals surface area contributed by atoms with Gasteiger partial charge in [0.25, 0.3) is 0 Å². The SMILES string of the molecule is O=C(O)C(=S)Cc1ccc(Cl)cc1. The van der Waals surface area contributed by atoms with Gasteiger partial charge in [0.05, 0.1) is 0 Å². The van der Waals surface area contributed by atoms with Crippen LogP contribution in [-0.2, 0) is 11.2 Å². The van der Waals surface area contributed by atoms with Crippen LogP contribution in [-0.4, -0.2) is 15.9 Å². The van der Waals surface area contributed by atoms with Gasteiger partial charge in [0.2, 0.25) is 0 Å². The van der Waals surface area contributed by atoms with E-state index < -0.39 is 5.97 Å². The van der Waals surface area contributed by atoms with E-state index >= 15 is 0 Å². The summed E-state index contributed by atoms with van der Waals surface area (Å²) in [6.45, 7) is 0. The number of benzene rings is 1. The van der Waals surface area contributed by atoms with Crippen LogP contribution in [0.15, 0.2) is 24.3 Å². The molecule has 0 unspecified atom stereocenters. The van der Waals surface area contributed by atoms with E-state index in [1.165, 1.54) is 0 Å². The summed E-state index contributed by atoms with van der Waals surface area (Å²) in [6, 6.07) is 6.94. The van der Waals surface area contributed by atoms with E-state index in [1.807, 2.05) is 0 Å². The summed E-state index contributed by atoms with van der Waals surface area (Å²) in [7, 11) is 0. The van der Waals surface area contributed by atoms with E-state index in [0.29, 0.717) is 5.02 Å². The van der Waals surface area contributed by atoms with E-state index in [2.05, 4.69) is 12.2 Å². The molecule has 1 rings (SSSR count). The average Bonchev–Trinajstić information content (AvgIpc) is 2.08. The molecule has 0 aliphatic rings. The highest BCUT2D eigenvalue weighted by molar-refractivity contribution is 7.82. The maximum atomic E-state index is 10.4. The molecule has 0 heterocycles. The predicted molar refractivity (Wildman–Crippen MR) is 55.4 cm³/mol. The second-order valence-corrected chi connectivity index (χ2v) is 3.46. The van der Waals surface area contributed by atoms with Crippen molar-refractivity contribution in [2.75, 3.05) is 0 Å². The van der Waals surface area contributed by atoms with Gasteiger partial charge in [-0.2, -0.15) is 0 Å². The molecule has 0 aliphatic heterocycles. The number of carbonyl (C=O) groups is 1. The van der Waals surface area contributed by atoms with Crippen LogP contribution in [0, 0.1) is 0 Å². The fourth-order valence-corrected chi connectivity index (χ4v) is 1.16. The quantitative estimate of drug-likeness (QED) is 0.785. The third kappa shape index (κ3) is 3.13. The van der Waals surface area contributed by atoms with Gasteiger partial charge in [-0.3, -0.25) is 0 Å². The number of hydrogen-bond acceptors (Lipinski definition) is 2. The van der Waals surface area contributed by atoms with Crippen molar-refractivity contribution >= 4 is 34.7 Å². The van der Waals surface area contributed by atoms with Crippen molar-refractivity contribution in [3.8, 4) is 0 Å². The number of carboxylic acids is 1. The third-order valence-corrected chi connectivity index (χ3v) is 2.09. The molecule has 2 nitrogen and oxygen atoms in total. The monoisotopic (exact) mass is 214 g/mol. The molecule has 0 atom stereocenters. The van der Waals surface area contributed by atoms with E-state index in [0.717, 1.165) is 5.56 Å². The molecule has 0 fully saturated rings. The molecule has 1 N–H and O–H groups in total. The van der Waals surface area contributed by atoms with Crippen molar-refractivity contribution in [1.82, 2.24) is 0 Å². The second kappa shape index (κ2) is 4.35. The lowest BCUT2D eigenvalue weighted by atomic mass is 10.1. The highest BCUT2D eigenvalue weighted by Gasteiger charge is 2.06. The fourth-order valence-electron chi connectivity index (χ4n) is 0.863. The predicted octanol–water partition coefficient (Wildman–Crippen LogP) is 2.34. The molecule has 0 aromatic heterocycles. The summed E-state index contributed by atoms with van der Waals surface area (Å²) in [6.07, 6.45) is 0.280. The Bertz CT molecular complexity index is 332. The van der Waals surface area contributed by atoms with Crippen LogP contribution in [0.5, 0.6) is 0 Å². The van der Waals surface area contributed by atoms with Crippen LogP contribution in [0.2, 0.25) is 5.02 Å². The van der Waals surface area contributed by atoms with Gasteiger partial charge in [0.1, 0.15) is 4.86 Å². The van der Waals surface area contributed by atoms with Gasteiger partial charge < -0.3 is 5.11 Å². The topological polar surface area (TPSA) is 37.3 Å². The van der Waals surface area contributed by atoms with Gasteiger partial charge in [0, 0.05) is 11.4 Å². The van der Waals surface area contributed by atoms with Gasteiger partial charge in [-0.05, 0) is 17.7 Å². The molecule has 0 aliphatic carbocycles. The highest BCUT2D eigenvalue weighted by Crippen LogP contribution is 2.10. The maximum absolute atomic E-state index is 10.4. The molecule has 1 aromatic carbocycles. The smallest absolute Gasteiger partial charge is 0.342 e. The van der Waals surface area contributed by atoms with Crippen molar-refractivity contribution in [2.24, 2.45) is 0 Å². The van der Waals surface area contributed by atoms with Crippen LogP contribution >= 0.6 is 23.8 Å². The lowest BCUT2D eigenvalue weighted by Gasteiger charge is -1.98. The molecule has 68 valence electrons. The van der Waals surface area contributed by atoms with Crippen molar-refractivity contribution in [2.45, 2.75) is 6.42 Å². The van der Waals surface area contributed by atoms with E-state index in [9.17, 15) is 4.79 Å². The van der Waals surface area contributed by atoms with Gasteiger partial charge in [-0.1, -0.05) is 36.0 Å². The summed E-state index contributed by atoms with van der Waals surface area (Å²) in [5, 5.41) is 9.16. The van der Waals surface area contributed by atoms with Gasteiger partial charge >= 0.3 is 5.97 Å². The highest BCUT2D eigenvalue weighted by atomic mass is 35.5. The first kappa shape index (κ1) is 10.2. The zero-order valence-corrected chi connectivity index (χ0v) is 8.23. The van der Waals surface area contributed by atoms with Crippen LogP contribution in [0.25, 0.3) is 0 Å². The summed E-state index contributed by atoms with van der Waals surface area (Å²) in [4.78, 5) is 10.4. The van der Waals surface area contributed by atoms with Gasteiger partial charge in [-0.25, -0.2) is 4.79 Å². The minimum atomic E-state index is -1.04. The standard InChI is InChI=1S/C9H7ClO2S/c10-7-3-1-6(2-4-7)5-8(13)9(11)12/h1-4H,5H2,(H,11,12). The van der Waals surface area contributed by atoms with E-state index in [4.69, 9.17) is 16.7 Å². The molecular weight excluding hydrogens is 208 g/mol. The van der Waals surface area contributed by atoms with Crippen LogP contribution in [0.1, 0.15) is 5.56 Å². The van der Waals surface area contributed by atoms with E-state index in [1.54, 1.807) is 24.3 Å². The Balaban J connectivity index is 2.70.